The van der Waals surface area contributed by atoms with Crippen molar-refractivity contribution in [3.63, 3.8) is 0 Å². The first-order chi connectivity index (χ1) is 44.2. The molecule has 0 radical (unpaired) electrons. The number of amides is 2. The largest absolute Gasteiger partial charge is 0.467 e. The van der Waals surface area contributed by atoms with Gasteiger partial charge >= 0.3 is 12.2 Å². The molecule has 4 aliphatic heterocycles. The predicted octanol–water partition coefficient (Wildman–Crippen LogP) is 11.8. The minimum absolute atomic E-state index is 0.0439. The Kier molecular flexibility index (Phi) is 22.0. The Morgan fingerprint density at radius 3 is 1.52 bits per heavy atom. The number of hydrogen-bond acceptors (Lipinski definition) is 25. The van der Waals surface area contributed by atoms with E-state index in [1.54, 1.807) is 71.4 Å². The van der Waals surface area contributed by atoms with Crippen LogP contribution in [0, 0.1) is 0 Å². The zero-order valence-corrected chi connectivity index (χ0v) is 60.0. The van der Waals surface area contributed by atoms with Gasteiger partial charge in [0.1, 0.15) is 66.6 Å². The van der Waals surface area contributed by atoms with Gasteiger partial charge in [-0.1, -0.05) is 25.7 Å². The Bertz CT molecular complexity index is 3600. The average molecular weight is 1410 g/mol. The van der Waals surface area contributed by atoms with E-state index in [4.69, 9.17) is 96.6 Å². The van der Waals surface area contributed by atoms with Crippen LogP contribution in [0.25, 0.3) is 22.1 Å². The summed E-state index contributed by atoms with van der Waals surface area (Å²) < 4.78 is 110. The van der Waals surface area contributed by atoms with Crippen molar-refractivity contribution in [2.24, 2.45) is 0 Å². The molecule has 6 fully saturated rings. The van der Waals surface area contributed by atoms with Gasteiger partial charge in [-0.25, -0.2) is 23.9 Å². The van der Waals surface area contributed by atoms with E-state index in [-0.39, 0.29) is 54.3 Å². The number of halogens is 2. The minimum Gasteiger partial charge on any atom is -0.467 e. The molecule has 520 valence electrons. The molecular formula is C60H88Cl2N12O17P2S. The maximum atomic E-state index is 13.7. The van der Waals surface area contributed by atoms with Crippen molar-refractivity contribution < 1.29 is 79.9 Å². The molecule has 0 N–H and O–H groups in total. The fraction of sp³-hybridized carbons (Fsp3) is 0.733. The Morgan fingerprint density at radius 2 is 1.11 bits per heavy atom. The van der Waals surface area contributed by atoms with Gasteiger partial charge in [-0.2, -0.15) is 30.1 Å². The topological polar surface area (TPSA) is 300 Å². The molecule has 9 heterocycles. The van der Waals surface area contributed by atoms with E-state index in [1.807, 2.05) is 69.2 Å². The normalized spacial score (nSPS) is 26.3. The number of nitrogens with zero attached hydrogens (tertiary/aromatic N) is 12. The van der Waals surface area contributed by atoms with Crippen LogP contribution in [-0.2, 0) is 70.3 Å². The summed E-state index contributed by atoms with van der Waals surface area (Å²) in [6.45, 7) is 27.0. The number of carbonyl (C=O) groups is 2. The van der Waals surface area contributed by atoms with E-state index < -0.39 is 110 Å². The lowest BCUT2D eigenvalue weighted by Crippen LogP contribution is -2.43. The van der Waals surface area contributed by atoms with Crippen molar-refractivity contribution in [2.45, 2.75) is 237 Å². The van der Waals surface area contributed by atoms with Crippen LogP contribution in [-0.4, -0.2) is 196 Å². The standard InChI is InChI=1S/C32H45ClN7O9PS.C28H43ClN5O8P/c1-8-45-50(7,42)22(17-44-30(51)38-14-13-34-18-38)43-16-21-23-24(48-32(5,6)47-23)27(46-21)40-26-20(15-35-40)25(36-28(33)37-26)39(19-11-9-10-12-19)29(41)49-31(2,3)4;1-9-38-43(8,36)16(2)37-15-19-20-21(41-28(6,7)40-20)24(39-19)34-23-18(14-30-34)22(31-25(29)32-23)33(17-12-10-11-13-17)26(35)42-27(3,4)5/h13-15,18-19,21-24,27H,8-12,16-17H2,1-7H3;14,16-17,19-21,24H,9-13,15H2,1-8H3/t21-,22?,23-,24-,27-,50?;16?,19-,20-,21-,24-,43?/m11/s1. The molecule has 6 aliphatic rings. The monoisotopic (exact) mass is 1410 g/mol. The van der Waals surface area contributed by atoms with E-state index in [9.17, 15) is 18.7 Å². The number of hydrogen-bond donors (Lipinski definition) is 0. The van der Waals surface area contributed by atoms with Gasteiger partial charge in [-0.05, 0) is 151 Å². The number of rotatable bonds is 20. The average Bonchev–Trinajstić information content (AvgIpc) is 1.55. The van der Waals surface area contributed by atoms with Gasteiger partial charge in [0.15, 0.2) is 52.8 Å². The summed E-state index contributed by atoms with van der Waals surface area (Å²) in [6, 6.07) is -0.225. The molecule has 34 heteroatoms. The fourth-order valence-electron chi connectivity index (χ4n) is 12.4. The van der Waals surface area contributed by atoms with Crippen molar-refractivity contribution in [3.8, 4) is 0 Å². The summed E-state index contributed by atoms with van der Waals surface area (Å²) >= 11 is 18.4. The zero-order valence-electron chi connectivity index (χ0n) is 55.9. The van der Waals surface area contributed by atoms with Crippen LogP contribution in [0.15, 0.2) is 31.1 Å². The van der Waals surface area contributed by atoms with E-state index in [1.165, 1.54) is 17.6 Å². The van der Waals surface area contributed by atoms with Gasteiger partial charge in [0.2, 0.25) is 25.3 Å². The van der Waals surface area contributed by atoms with E-state index in [0.717, 1.165) is 51.4 Å². The number of carbonyl (C=O) groups excluding carboxylic acids is 2. The van der Waals surface area contributed by atoms with Crippen molar-refractivity contribution >= 4 is 101 Å². The molecule has 29 nitrogen and oxygen atoms in total. The molecule has 2 amide bonds. The Balaban J connectivity index is 0.000000208. The minimum atomic E-state index is -3.34. The van der Waals surface area contributed by atoms with Crippen molar-refractivity contribution in [1.29, 1.82) is 0 Å². The first kappa shape index (κ1) is 72.1. The summed E-state index contributed by atoms with van der Waals surface area (Å²) in [6.07, 6.45) is 8.90. The predicted molar refractivity (Wildman–Crippen MR) is 350 cm³/mol. The molecule has 12 atom stereocenters. The molecule has 0 aromatic carbocycles. The van der Waals surface area contributed by atoms with Gasteiger partial charge in [0, 0.05) is 37.8 Å². The second kappa shape index (κ2) is 28.7. The molecule has 94 heavy (non-hydrogen) atoms. The molecule has 5 aromatic rings. The summed E-state index contributed by atoms with van der Waals surface area (Å²) in [5.41, 5.74) is -0.710. The fourth-order valence-corrected chi connectivity index (χ4v) is 15.4. The van der Waals surface area contributed by atoms with Crippen molar-refractivity contribution in [1.82, 2.24) is 49.0 Å². The molecule has 2 aliphatic carbocycles. The van der Waals surface area contributed by atoms with Crippen LogP contribution in [0.1, 0.15) is 154 Å². The number of thiocarbonyl (C=S) groups is 1. The van der Waals surface area contributed by atoms with Gasteiger partial charge in [-0.3, -0.25) is 23.5 Å². The van der Waals surface area contributed by atoms with E-state index in [0.29, 0.717) is 40.3 Å². The van der Waals surface area contributed by atoms with Crippen LogP contribution < -0.4 is 9.80 Å². The van der Waals surface area contributed by atoms with Crippen molar-refractivity contribution in [3.05, 3.63) is 41.7 Å². The SMILES string of the molecule is CCOP(C)(=O)C(C)OC[C@H]1O[C@@H](n2ncc3c(N(C(=O)OC(C)(C)C)C4CCCC4)nc(Cl)nc32)[C@@H]2OC(C)(C)O[C@@H]21.CCOP(C)(=O)C(COC(=S)n1ccnc1)OC[C@H]1O[C@@H](n2ncc3c(N(C(=O)OC(C)(C)C)C4CCCC4)nc(Cl)nc32)[C@@H]2OC(C)(C)O[C@@H]21. The number of imidazole rings is 1. The Hall–Kier alpha value is -4.62. The third-order valence-electron chi connectivity index (χ3n) is 16.5. The molecule has 5 aromatic heterocycles. The van der Waals surface area contributed by atoms with Crippen LogP contribution in [0.3, 0.4) is 0 Å². The van der Waals surface area contributed by atoms with E-state index >= 15 is 0 Å². The zero-order chi connectivity index (χ0) is 68.0. The number of anilines is 2. The lowest BCUT2D eigenvalue weighted by molar-refractivity contribution is -0.204. The Morgan fingerprint density at radius 1 is 0.681 bits per heavy atom. The first-order valence-corrected chi connectivity index (χ1v) is 37.3. The van der Waals surface area contributed by atoms with E-state index in [2.05, 4.69) is 35.1 Å². The third kappa shape index (κ3) is 16.4. The van der Waals surface area contributed by atoms with Crippen LogP contribution in [0.4, 0.5) is 21.2 Å². The highest BCUT2D eigenvalue weighted by Crippen LogP contribution is 2.52. The molecule has 4 unspecified atom stereocenters. The smallest absolute Gasteiger partial charge is 0.416 e. The van der Waals surface area contributed by atoms with Crippen LogP contribution in [0.2, 0.25) is 10.6 Å². The maximum absolute atomic E-state index is 13.7. The lowest BCUT2D eigenvalue weighted by Gasteiger charge is -2.31. The molecule has 11 rings (SSSR count). The van der Waals surface area contributed by atoms with Crippen molar-refractivity contribution in [2.75, 3.05) is 56.2 Å². The number of ether oxygens (including phenoxy) is 11. The second-order valence-electron chi connectivity index (χ2n) is 27.0. The van der Waals surface area contributed by atoms with Gasteiger partial charge < -0.3 is 61.2 Å². The van der Waals surface area contributed by atoms with Crippen LogP contribution in [0.5, 0.6) is 0 Å². The summed E-state index contributed by atoms with van der Waals surface area (Å²) in [5.74, 6) is -2.83. The Labute approximate surface area is 562 Å². The third-order valence-corrected chi connectivity index (χ3v) is 21.6. The molecule has 0 spiro atoms. The summed E-state index contributed by atoms with van der Waals surface area (Å²) in [5, 5.41) is 10.3. The van der Waals surface area contributed by atoms with Gasteiger partial charge in [0.25, 0.3) is 5.17 Å². The maximum Gasteiger partial charge on any atom is 0.416 e. The molecule has 2 saturated carbocycles. The highest BCUT2D eigenvalue weighted by Gasteiger charge is 2.59. The molecule has 0 bridgehead atoms. The number of aromatic nitrogens is 10. The highest BCUT2D eigenvalue weighted by atomic mass is 35.5. The second-order valence-corrected chi connectivity index (χ2v) is 33.5. The quantitative estimate of drug-likeness (QED) is 0.0397. The molecular weight excluding hydrogens is 1330 g/mol. The summed E-state index contributed by atoms with van der Waals surface area (Å²) in [4.78, 5) is 52.4. The first-order valence-electron chi connectivity index (χ1n) is 31.9. The van der Waals surface area contributed by atoms with Gasteiger partial charge in [-0.15, -0.1) is 0 Å². The lowest BCUT2D eigenvalue weighted by atomic mass is 10.1. The van der Waals surface area contributed by atoms with Crippen LogP contribution >= 0.6 is 50.2 Å². The molecule has 4 saturated heterocycles. The highest BCUT2D eigenvalue weighted by molar-refractivity contribution is 7.80. The summed E-state index contributed by atoms with van der Waals surface area (Å²) in [7, 11) is -6.33. The number of fused-ring (bicyclic) bond motifs is 4. The van der Waals surface area contributed by atoms with Gasteiger partial charge in [0.05, 0.1) is 49.6 Å².